The summed E-state index contributed by atoms with van der Waals surface area (Å²) in [5, 5.41) is 5.19. The maximum Gasteiger partial charge on any atom is 0.411 e. The lowest BCUT2D eigenvalue weighted by Gasteiger charge is -2.12. The number of amides is 2. The first kappa shape index (κ1) is 23.0. The van der Waals surface area contributed by atoms with Crippen molar-refractivity contribution in [3.05, 3.63) is 35.9 Å². The molecule has 0 atom stereocenters. The van der Waals surface area contributed by atoms with Crippen molar-refractivity contribution in [1.82, 2.24) is 0 Å². The van der Waals surface area contributed by atoms with Crippen molar-refractivity contribution < 1.29 is 28.6 Å². The molecule has 0 aliphatic heterocycles. The normalized spacial score (nSPS) is 10.2. The van der Waals surface area contributed by atoms with E-state index in [1.54, 1.807) is 25.1 Å². The van der Waals surface area contributed by atoms with Gasteiger partial charge in [0.2, 0.25) is 0 Å². The molecule has 0 bridgehead atoms. The van der Waals surface area contributed by atoms with Crippen LogP contribution in [0.5, 0.6) is 0 Å². The van der Waals surface area contributed by atoms with Gasteiger partial charge in [-0.2, -0.15) is 0 Å². The van der Waals surface area contributed by atoms with Gasteiger partial charge in [0.15, 0.2) is 0 Å². The van der Waals surface area contributed by atoms with E-state index in [2.05, 4.69) is 17.2 Å². The van der Waals surface area contributed by atoms with Gasteiger partial charge < -0.3 is 14.2 Å². The Balaban J connectivity index is 2.49. The molecule has 0 radical (unpaired) electrons. The summed E-state index contributed by atoms with van der Waals surface area (Å²) in [6, 6.07) is 5.04. The Morgan fingerprint density at radius 2 is 1.61 bits per heavy atom. The number of aryl methyl sites for hydroxylation is 1. The summed E-state index contributed by atoms with van der Waals surface area (Å²) in [6.07, 6.45) is -0.481. The average Bonchev–Trinajstić information content (AvgIpc) is 2.61. The molecule has 0 aliphatic rings. The van der Waals surface area contributed by atoms with Crippen LogP contribution in [-0.2, 0) is 19.0 Å². The maximum atomic E-state index is 11.9. The van der Waals surface area contributed by atoms with E-state index < -0.39 is 18.2 Å². The fourth-order valence-electron chi connectivity index (χ4n) is 1.91. The Bertz CT molecular complexity index is 715. The zero-order chi connectivity index (χ0) is 21.1. The van der Waals surface area contributed by atoms with E-state index >= 15 is 0 Å². The third-order valence-corrected chi connectivity index (χ3v) is 3.55. The minimum absolute atomic E-state index is 0.0676. The summed E-state index contributed by atoms with van der Waals surface area (Å²) in [5.74, 6) is -0.0998. The highest BCUT2D eigenvalue weighted by Crippen LogP contribution is 2.20. The molecule has 28 heavy (non-hydrogen) atoms. The van der Waals surface area contributed by atoms with Crippen molar-refractivity contribution in [1.29, 1.82) is 0 Å². The smallest absolute Gasteiger partial charge is 0.411 e. The van der Waals surface area contributed by atoms with Crippen LogP contribution >= 0.6 is 0 Å². The van der Waals surface area contributed by atoms with Gasteiger partial charge in [0.25, 0.3) is 0 Å². The summed E-state index contributed by atoms with van der Waals surface area (Å²) < 4.78 is 14.9. The van der Waals surface area contributed by atoms with E-state index in [4.69, 9.17) is 14.2 Å². The van der Waals surface area contributed by atoms with E-state index in [0.717, 1.165) is 12.0 Å². The first-order valence-electron chi connectivity index (χ1n) is 9.00. The van der Waals surface area contributed by atoms with Crippen molar-refractivity contribution in [3.8, 4) is 0 Å². The summed E-state index contributed by atoms with van der Waals surface area (Å²) >= 11 is 0. The van der Waals surface area contributed by atoms with Crippen LogP contribution in [-0.4, -0.2) is 38.0 Å². The molecular formula is C20H28N2O6. The minimum Gasteiger partial charge on any atom is -0.459 e. The number of nitrogens with one attached hydrogen (secondary N) is 2. The minimum atomic E-state index is -0.703. The van der Waals surface area contributed by atoms with E-state index in [-0.39, 0.29) is 18.8 Å². The van der Waals surface area contributed by atoms with E-state index in [1.165, 1.54) is 6.92 Å². The predicted molar refractivity (Wildman–Crippen MR) is 106 cm³/mol. The van der Waals surface area contributed by atoms with E-state index in [0.29, 0.717) is 23.9 Å². The predicted octanol–water partition coefficient (Wildman–Crippen LogP) is 4.26. The largest absolute Gasteiger partial charge is 0.459 e. The molecule has 1 rings (SSSR count). The van der Waals surface area contributed by atoms with Crippen LogP contribution in [0.4, 0.5) is 21.0 Å². The number of anilines is 2. The molecule has 0 saturated heterocycles. The van der Waals surface area contributed by atoms with Crippen molar-refractivity contribution in [3.63, 3.8) is 0 Å². The Morgan fingerprint density at radius 3 is 2.25 bits per heavy atom. The second kappa shape index (κ2) is 11.6. The molecule has 0 aromatic heterocycles. The van der Waals surface area contributed by atoms with E-state index in [1.807, 2.05) is 13.8 Å². The van der Waals surface area contributed by atoms with Crippen LogP contribution in [0.2, 0.25) is 0 Å². The molecule has 0 saturated carbocycles. The van der Waals surface area contributed by atoms with Crippen LogP contribution in [0.3, 0.4) is 0 Å². The SMILES string of the molecule is C=C(C)C(=O)OCCOC(=O)Nc1cc(NC(=O)OCCC(C)C)ccc1C. The van der Waals surface area contributed by atoms with Crippen LogP contribution < -0.4 is 10.6 Å². The third kappa shape index (κ3) is 9.07. The number of ether oxygens (including phenoxy) is 3. The van der Waals surface area contributed by atoms with Crippen LogP contribution in [0.15, 0.2) is 30.4 Å². The lowest BCUT2D eigenvalue weighted by Crippen LogP contribution is -2.19. The van der Waals surface area contributed by atoms with Crippen molar-refractivity contribution in [2.75, 3.05) is 30.5 Å². The molecule has 2 amide bonds. The van der Waals surface area contributed by atoms with Gasteiger partial charge in [-0.3, -0.25) is 10.6 Å². The summed E-state index contributed by atoms with van der Waals surface area (Å²) in [7, 11) is 0. The molecule has 2 N–H and O–H groups in total. The molecule has 0 aliphatic carbocycles. The lowest BCUT2D eigenvalue weighted by atomic mass is 10.1. The Labute approximate surface area is 165 Å². The monoisotopic (exact) mass is 392 g/mol. The molecule has 1 aromatic rings. The van der Waals surface area contributed by atoms with Gasteiger partial charge in [-0.25, -0.2) is 14.4 Å². The number of benzene rings is 1. The van der Waals surface area contributed by atoms with Crippen LogP contribution in [0, 0.1) is 12.8 Å². The molecular weight excluding hydrogens is 364 g/mol. The number of esters is 1. The number of carbonyl (C=O) groups excluding carboxylic acids is 3. The lowest BCUT2D eigenvalue weighted by molar-refractivity contribution is -0.139. The summed E-state index contributed by atoms with van der Waals surface area (Å²) in [5.41, 5.74) is 2.01. The van der Waals surface area contributed by atoms with Crippen LogP contribution in [0.1, 0.15) is 32.8 Å². The van der Waals surface area contributed by atoms with Crippen molar-refractivity contribution in [2.24, 2.45) is 5.92 Å². The number of rotatable bonds is 9. The molecule has 8 nitrogen and oxygen atoms in total. The van der Waals surface area contributed by atoms with E-state index in [9.17, 15) is 14.4 Å². The highest BCUT2D eigenvalue weighted by atomic mass is 16.6. The first-order valence-corrected chi connectivity index (χ1v) is 9.00. The fraction of sp³-hybridized carbons (Fsp3) is 0.450. The summed E-state index contributed by atoms with van der Waals surface area (Å²) in [6.45, 7) is 11.0. The zero-order valence-corrected chi connectivity index (χ0v) is 16.8. The highest BCUT2D eigenvalue weighted by Gasteiger charge is 2.10. The van der Waals surface area contributed by atoms with Gasteiger partial charge in [0.05, 0.1) is 6.61 Å². The van der Waals surface area contributed by atoms with Crippen molar-refractivity contribution >= 4 is 29.5 Å². The zero-order valence-electron chi connectivity index (χ0n) is 16.8. The molecule has 1 aromatic carbocycles. The molecule has 0 spiro atoms. The van der Waals surface area contributed by atoms with Crippen LogP contribution in [0.25, 0.3) is 0 Å². The standard InChI is InChI=1S/C20H28N2O6/c1-13(2)8-9-27-19(24)21-16-7-6-15(5)17(12-16)22-20(25)28-11-10-26-18(23)14(3)4/h6-7,12-13H,3,8-11H2,1-2,4-5H3,(H,21,24)(H,22,25). The van der Waals surface area contributed by atoms with Crippen molar-refractivity contribution in [2.45, 2.75) is 34.1 Å². The topological polar surface area (TPSA) is 103 Å². The second-order valence-electron chi connectivity index (χ2n) is 6.65. The van der Waals surface area contributed by atoms with Gasteiger partial charge in [-0.1, -0.05) is 26.5 Å². The summed E-state index contributed by atoms with van der Waals surface area (Å²) in [4.78, 5) is 34.9. The molecule has 0 unspecified atom stereocenters. The van der Waals surface area contributed by atoms with Gasteiger partial charge in [-0.05, 0) is 43.9 Å². The quantitative estimate of drug-likeness (QED) is 0.282. The second-order valence-corrected chi connectivity index (χ2v) is 6.65. The Hall–Kier alpha value is -3.03. The Morgan fingerprint density at radius 1 is 1.00 bits per heavy atom. The highest BCUT2D eigenvalue weighted by molar-refractivity contribution is 5.89. The third-order valence-electron chi connectivity index (χ3n) is 3.55. The first-order chi connectivity index (χ1) is 13.2. The molecule has 0 fully saturated rings. The van der Waals surface area contributed by atoms with Gasteiger partial charge in [0.1, 0.15) is 13.2 Å². The number of carbonyl (C=O) groups is 3. The Kier molecular flexibility index (Phi) is 9.56. The molecule has 154 valence electrons. The maximum absolute atomic E-state index is 11.9. The number of hydrogen-bond donors (Lipinski definition) is 2. The van der Waals surface area contributed by atoms with Gasteiger partial charge in [-0.15, -0.1) is 0 Å². The fourth-order valence-corrected chi connectivity index (χ4v) is 1.91. The van der Waals surface area contributed by atoms with Gasteiger partial charge in [0, 0.05) is 16.9 Å². The number of hydrogen-bond acceptors (Lipinski definition) is 6. The molecule has 8 heteroatoms. The molecule has 0 heterocycles. The van der Waals surface area contributed by atoms with Gasteiger partial charge >= 0.3 is 18.2 Å². The average molecular weight is 392 g/mol.